The van der Waals surface area contributed by atoms with Gasteiger partial charge in [-0.1, -0.05) is 6.42 Å². The van der Waals surface area contributed by atoms with Gasteiger partial charge in [0.05, 0.1) is 5.56 Å². The summed E-state index contributed by atoms with van der Waals surface area (Å²) in [5.74, 6) is 0.318. The first-order valence-electron chi connectivity index (χ1n) is 6.14. The summed E-state index contributed by atoms with van der Waals surface area (Å²) in [5.41, 5.74) is 0.828. The minimum absolute atomic E-state index is 0.0515. The Morgan fingerprint density at radius 2 is 2.16 bits per heavy atom. The molecule has 0 radical (unpaired) electrons. The maximum absolute atomic E-state index is 12.1. The molecule has 4 nitrogen and oxygen atoms in total. The highest BCUT2D eigenvalue weighted by atomic mass is 35.7. The Balaban J connectivity index is 2.13. The summed E-state index contributed by atoms with van der Waals surface area (Å²) < 4.78 is 22.7. The van der Waals surface area contributed by atoms with E-state index in [2.05, 4.69) is 5.32 Å². The Hall–Kier alpha value is -0.590. The summed E-state index contributed by atoms with van der Waals surface area (Å²) in [7, 11) is 1.55. The average molecular weight is 322 g/mol. The van der Waals surface area contributed by atoms with Crippen molar-refractivity contribution in [3.8, 4) is 0 Å². The standard InChI is InChI=1S/C12H16ClNO3S2/c1-7-10(6-18-12(7)19(13,16)17)11(15)14-8(2)9-4-3-5-9/h6,8-9H,3-5H2,1-2H3,(H,14,15). The van der Waals surface area contributed by atoms with E-state index in [4.69, 9.17) is 10.7 Å². The molecule has 1 aromatic rings. The second-order valence-electron chi connectivity index (χ2n) is 4.95. The van der Waals surface area contributed by atoms with E-state index in [-0.39, 0.29) is 16.2 Å². The van der Waals surface area contributed by atoms with Crippen molar-refractivity contribution in [3.63, 3.8) is 0 Å². The predicted octanol–water partition coefficient (Wildman–Crippen LogP) is 2.90. The third kappa shape index (κ3) is 3.12. The topological polar surface area (TPSA) is 63.2 Å². The molecule has 1 N–H and O–H groups in total. The minimum Gasteiger partial charge on any atom is -0.349 e. The zero-order valence-corrected chi connectivity index (χ0v) is 13.2. The third-order valence-electron chi connectivity index (χ3n) is 3.68. The van der Waals surface area contributed by atoms with Crippen molar-refractivity contribution in [2.45, 2.75) is 43.4 Å². The van der Waals surface area contributed by atoms with Crippen LogP contribution in [0.3, 0.4) is 0 Å². The highest BCUT2D eigenvalue weighted by Crippen LogP contribution is 2.31. The molecule has 1 atom stereocenters. The van der Waals surface area contributed by atoms with Crippen molar-refractivity contribution >= 4 is 37.0 Å². The van der Waals surface area contributed by atoms with Crippen LogP contribution in [0.15, 0.2) is 9.59 Å². The number of hydrogen-bond acceptors (Lipinski definition) is 4. The monoisotopic (exact) mass is 321 g/mol. The molecule has 19 heavy (non-hydrogen) atoms. The summed E-state index contributed by atoms with van der Waals surface area (Å²) in [6.07, 6.45) is 3.51. The molecule has 0 bridgehead atoms. The van der Waals surface area contributed by atoms with E-state index >= 15 is 0 Å². The van der Waals surface area contributed by atoms with E-state index in [1.807, 2.05) is 6.92 Å². The highest BCUT2D eigenvalue weighted by Gasteiger charge is 2.27. The van der Waals surface area contributed by atoms with E-state index < -0.39 is 9.05 Å². The van der Waals surface area contributed by atoms with Crippen LogP contribution in [0.25, 0.3) is 0 Å². The SMILES string of the molecule is Cc1c(C(=O)NC(C)C2CCC2)csc1S(=O)(=O)Cl. The Labute approximate surface area is 121 Å². The van der Waals surface area contributed by atoms with Crippen LogP contribution in [-0.4, -0.2) is 20.4 Å². The fourth-order valence-corrected chi connectivity index (χ4v) is 4.76. The Kier molecular flexibility index (Phi) is 4.23. The summed E-state index contributed by atoms with van der Waals surface area (Å²) in [4.78, 5) is 12.1. The molecule has 1 fully saturated rings. The molecule has 7 heteroatoms. The van der Waals surface area contributed by atoms with Crippen molar-refractivity contribution in [1.29, 1.82) is 0 Å². The number of halogens is 1. The molecule has 1 aliphatic carbocycles. The molecule has 1 saturated carbocycles. The van der Waals surface area contributed by atoms with E-state index in [1.165, 1.54) is 6.42 Å². The van der Waals surface area contributed by atoms with E-state index in [9.17, 15) is 13.2 Å². The van der Waals surface area contributed by atoms with Gasteiger partial charge in [-0.25, -0.2) is 8.42 Å². The summed E-state index contributed by atoms with van der Waals surface area (Å²) in [6.45, 7) is 3.59. The quantitative estimate of drug-likeness (QED) is 0.867. The van der Waals surface area contributed by atoms with Crippen LogP contribution in [0.1, 0.15) is 42.1 Å². The number of thiophene rings is 1. The van der Waals surface area contributed by atoms with Crippen LogP contribution in [0.4, 0.5) is 0 Å². The smallest absolute Gasteiger partial charge is 0.271 e. The van der Waals surface area contributed by atoms with E-state index in [0.717, 1.165) is 24.2 Å². The van der Waals surface area contributed by atoms with Gasteiger partial charge in [-0.05, 0) is 38.2 Å². The van der Waals surface area contributed by atoms with Gasteiger partial charge in [-0.2, -0.15) is 0 Å². The van der Waals surface area contributed by atoms with Crippen LogP contribution in [0.2, 0.25) is 0 Å². The van der Waals surface area contributed by atoms with Gasteiger partial charge in [-0.3, -0.25) is 4.79 Å². The molecule has 106 valence electrons. The van der Waals surface area contributed by atoms with E-state index in [0.29, 0.717) is 17.0 Å². The molecule has 1 unspecified atom stereocenters. The summed E-state index contributed by atoms with van der Waals surface area (Å²) in [5, 5.41) is 4.48. The number of carbonyl (C=O) groups excluding carboxylic acids is 1. The lowest BCUT2D eigenvalue weighted by Gasteiger charge is -2.31. The van der Waals surface area contributed by atoms with Crippen LogP contribution in [-0.2, 0) is 9.05 Å². The van der Waals surface area contributed by atoms with Gasteiger partial charge in [-0.15, -0.1) is 11.3 Å². The van der Waals surface area contributed by atoms with Gasteiger partial charge >= 0.3 is 0 Å². The largest absolute Gasteiger partial charge is 0.349 e. The number of hydrogen-bond donors (Lipinski definition) is 1. The number of amides is 1. The molecular weight excluding hydrogens is 306 g/mol. The van der Waals surface area contributed by atoms with Gasteiger partial charge in [0.1, 0.15) is 4.21 Å². The summed E-state index contributed by atoms with van der Waals surface area (Å²) >= 11 is 0.986. The van der Waals surface area contributed by atoms with Crippen molar-refractivity contribution in [3.05, 3.63) is 16.5 Å². The average Bonchev–Trinajstić information content (AvgIpc) is 2.56. The van der Waals surface area contributed by atoms with Crippen molar-refractivity contribution in [2.75, 3.05) is 0 Å². The van der Waals surface area contributed by atoms with Gasteiger partial charge in [0.2, 0.25) is 0 Å². The van der Waals surface area contributed by atoms with Gasteiger partial charge < -0.3 is 5.32 Å². The first-order chi connectivity index (χ1) is 8.80. The Morgan fingerprint density at radius 1 is 1.53 bits per heavy atom. The molecule has 1 aromatic heterocycles. The first kappa shape index (κ1) is 14.8. The third-order valence-corrected chi connectivity index (χ3v) is 6.98. The number of nitrogens with one attached hydrogen (secondary N) is 1. The van der Waals surface area contributed by atoms with Gasteiger partial charge in [0.25, 0.3) is 15.0 Å². The lowest BCUT2D eigenvalue weighted by Crippen LogP contribution is -2.40. The molecule has 0 aromatic carbocycles. The van der Waals surface area contributed by atoms with Gasteiger partial charge in [0, 0.05) is 22.1 Å². The van der Waals surface area contributed by atoms with Gasteiger partial charge in [0.15, 0.2) is 0 Å². The molecule has 0 aliphatic heterocycles. The summed E-state index contributed by atoms with van der Waals surface area (Å²) in [6, 6.07) is 0.122. The molecule has 2 rings (SSSR count). The molecule has 1 amide bonds. The second-order valence-corrected chi connectivity index (χ2v) is 8.59. The Bertz CT molecular complexity index is 590. The predicted molar refractivity (Wildman–Crippen MR) is 76.4 cm³/mol. The fourth-order valence-electron chi connectivity index (χ4n) is 2.21. The van der Waals surface area contributed by atoms with Crippen molar-refractivity contribution in [1.82, 2.24) is 5.32 Å². The molecule has 0 saturated heterocycles. The lowest BCUT2D eigenvalue weighted by molar-refractivity contribution is 0.0909. The van der Waals surface area contributed by atoms with Crippen LogP contribution in [0.5, 0.6) is 0 Å². The molecule has 1 heterocycles. The van der Waals surface area contributed by atoms with Crippen LogP contribution >= 0.6 is 22.0 Å². The lowest BCUT2D eigenvalue weighted by atomic mass is 9.80. The van der Waals surface area contributed by atoms with Crippen molar-refractivity contribution in [2.24, 2.45) is 5.92 Å². The number of rotatable bonds is 4. The van der Waals surface area contributed by atoms with Crippen LogP contribution < -0.4 is 5.32 Å². The zero-order chi connectivity index (χ0) is 14.2. The second kappa shape index (κ2) is 5.42. The fraction of sp³-hybridized carbons (Fsp3) is 0.583. The molecule has 1 aliphatic rings. The van der Waals surface area contributed by atoms with E-state index in [1.54, 1.807) is 12.3 Å². The molecule has 0 spiro atoms. The first-order valence-corrected chi connectivity index (χ1v) is 9.33. The maximum atomic E-state index is 12.1. The minimum atomic E-state index is -3.77. The normalized spacial score (nSPS) is 17.8. The maximum Gasteiger partial charge on any atom is 0.271 e. The van der Waals surface area contributed by atoms with Crippen LogP contribution in [0, 0.1) is 12.8 Å². The Morgan fingerprint density at radius 3 is 2.58 bits per heavy atom. The van der Waals surface area contributed by atoms with Crippen molar-refractivity contribution < 1.29 is 13.2 Å². The zero-order valence-electron chi connectivity index (χ0n) is 10.8. The number of carbonyl (C=O) groups is 1. The molecular formula is C12H16ClNO3S2. The highest BCUT2D eigenvalue weighted by molar-refractivity contribution is 8.15.